The van der Waals surface area contributed by atoms with Gasteiger partial charge in [-0.3, -0.25) is 0 Å². The summed E-state index contributed by atoms with van der Waals surface area (Å²) in [5.41, 5.74) is 5.53. The van der Waals surface area contributed by atoms with Crippen molar-refractivity contribution in [2.24, 2.45) is 0 Å². The molecular formula is C28H33N2O3+. The smallest absolute Gasteiger partial charge is 0.335 e. The van der Waals surface area contributed by atoms with Crippen LogP contribution in [0.5, 0.6) is 5.75 Å². The molecule has 172 valence electrons. The maximum absolute atomic E-state index is 12.1. The lowest BCUT2D eigenvalue weighted by atomic mass is 9.78. The molecule has 2 aliphatic rings. The van der Waals surface area contributed by atoms with Crippen molar-refractivity contribution in [3.05, 3.63) is 82.6 Å². The fourth-order valence-corrected chi connectivity index (χ4v) is 5.02. The fourth-order valence-electron chi connectivity index (χ4n) is 5.02. The molecular weight excluding hydrogens is 412 g/mol. The predicted molar refractivity (Wildman–Crippen MR) is 133 cm³/mol. The highest BCUT2D eigenvalue weighted by Gasteiger charge is 2.35. The third-order valence-corrected chi connectivity index (χ3v) is 6.77. The summed E-state index contributed by atoms with van der Waals surface area (Å²) in [7, 11) is 0. The van der Waals surface area contributed by atoms with E-state index in [1.165, 1.54) is 5.71 Å². The van der Waals surface area contributed by atoms with E-state index in [0.717, 1.165) is 60.1 Å². The van der Waals surface area contributed by atoms with Gasteiger partial charge in [0.1, 0.15) is 24.6 Å². The second kappa shape index (κ2) is 9.65. The molecule has 5 nitrogen and oxygen atoms in total. The average Bonchev–Trinajstić information content (AvgIpc) is 2.84. The zero-order valence-corrected chi connectivity index (χ0v) is 20.0. The number of anilines is 1. The van der Waals surface area contributed by atoms with E-state index in [1.54, 1.807) is 12.1 Å². The molecule has 0 radical (unpaired) electrons. The summed E-state index contributed by atoms with van der Waals surface area (Å²) >= 11 is 0. The summed E-state index contributed by atoms with van der Waals surface area (Å²) in [5, 5.41) is 9.92. The number of rotatable bonds is 7. The van der Waals surface area contributed by atoms with Crippen molar-refractivity contribution < 1.29 is 19.2 Å². The number of hydrogen-bond donors (Lipinski definition) is 1. The Labute approximate surface area is 196 Å². The molecule has 0 fully saturated rings. The van der Waals surface area contributed by atoms with Gasteiger partial charge in [0, 0.05) is 48.0 Å². The minimum absolute atomic E-state index is 0.184. The largest absolute Gasteiger partial charge is 0.478 e. The molecule has 1 heterocycles. The number of ether oxygens (including phenoxy) is 1. The Balaban J connectivity index is 1.90. The Bertz CT molecular complexity index is 1150. The molecule has 0 amide bonds. The number of aromatic carboxylic acids is 1. The van der Waals surface area contributed by atoms with Crippen molar-refractivity contribution >= 4 is 17.4 Å². The molecule has 0 saturated carbocycles. The Kier molecular flexibility index (Phi) is 6.68. The number of nitrogens with zero attached hydrogens (tertiary/aromatic N) is 2. The van der Waals surface area contributed by atoms with Crippen molar-refractivity contribution in [1.82, 2.24) is 0 Å². The van der Waals surface area contributed by atoms with Gasteiger partial charge in [-0.2, -0.15) is 0 Å². The summed E-state index contributed by atoms with van der Waals surface area (Å²) < 4.78 is 8.88. The highest BCUT2D eigenvalue weighted by molar-refractivity contribution is 5.95. The molecule has 2 aromatic carbocycles. The Morgan fingerprint density at radius 3 is 2.42 bits per heavy atom. The number of benzene rings is 2. The SMILES string of the molecule is CCN(CC)c1ccc2c(c1)OC1=C(C=CC(=[N+](CC)CC)C1)C2c1ccccc1C(=O)O. The standard InChI is InChI=1S/C28H32N2O3/c1-5-29(6-2)19-13-15-23-25(17-19)33-26-18-20(30(7-3)8-4)14-16-24(26)27(23)21-11-9-10-12-22(21)28(31)32/h9-17,27H,5-8,18H2,1-4H3/p+1. The topological polar surface area (TPSA) is 52.8 Å². The number of hydrogen-bond acceptors (Lipinski definition) is 3. The lowest BCUT2D eigenvalue weighted by Crippen LogP contribution is -2.27. The molecule has 1 unspecified atom stereocenters. The lowest BCUT2D eigenvalue weighted by Gasteiger charge is -2.33. The van der Waals surface area contributed by atoms with Gasteiger partial charge in [0.2, 0.25) is 0 Å². The first-order chi connectivity index (χ1) is 16.0. The van der Waals surface area contributed by atoms with Gasteiger partial charge in [0.15, 0.2) is 5.71 Å². The maximum Gasteiger partial charge on any atom is 0.335 e. The Morgan fingerprint density at radius 1 is 1.03 bits per heavy atom. The number of fused-ring (bicyclic) bond motifs is 1. The van der Waals surface area contributed by atoms with Gasteiger partial charge >= 0.3 is 5.97 Å². The van der Waals surface area contributed by atoms with Crippen LogP contribution < -0.4 is 9.64 Å². The van der Waals surface area contributed by atoms with E-state index in [0.29, 0.717) is 12.0 Å². The van der Waals surface area contributed by atoms with Crippen LogP contribution in [0.4, 0.5) is 5.69 Å². The van der Waals surface area contributed by atoms with E-state index in [-0.39, 0.29) is 5.92 Å². The zero-order chi connectivity index (χ0) is 23.5. The van der Waals surface area contributed by atoms with Gasteiger partial charge in [0.05, 0.1) is 12.0 Å². The molecule has 33 heavy (non-hydrogen) atoms. The van der Waals surface area contributed by atoms with Gasteiger partial charge in [-0.25, -0.2) is 9.37 Å². The lowest BCUT2D eigenvalue weighted by molar-refractivity contribution is -0.521. The van der Waals surface area contributed by atoms with Gasteiger partial charge in [-0.1, -0.05) is 24.3 Å². The molecule has 2 aromatic rings. The van der Waals surface area contributed by atoms with Crippen LogP contribution >= 0.6 is 0 Å². The van der Waals surface area contributed by atoms with Crippen molar-refractivity contribution in [3.63, 3.8) is 0 Å². The van der Waals surface area contributed by atoms with Crippen LogP contribution in [0.2, 0.25) is 0 Å². The Hall–Kier alpha value is -3.34. The second-order valence-corrected chi connectivity index (χ2v) is 8.37. The first-order valence-corrected chi connectivity index (χ1v) is 11.9. The molecule has 5 heteroatoms. The molecule has 1 aliphatic heterocycles. The first-order valence-electron chi connectivity index (χ1n) is 11.9. The van der Waals surface area contributed by atoms with Crippen molar-refractivity contribution in [2.45, 2.75) is 40.0 Å². The number of allylic oxidation sites excluding steroid dienone is 4. The van der Waals surface area contributed by atoms with Crippen LogP contribution in [-0.2, 0) is 0 Å². The zero-order valence-electron chi connectivity index (χ0n) is 20.0. The molecule has 0 spiro atoms. The molecule has 1 aliphatic carbocycles. The summed E-state index contributed by atoms with van der Waals surface area (Å²) in [6.07, 6.45) is 4.99. The highest BCUT2D eigenvalue weighted by atomic mass is 16.5. The quantitative estimate of drug-likeness (QED) is 0.575. The van der Waals surface area contributed by atoms with Crippen molar-refractivity contribution in [3.8, 4) is 5.75 Å². The fraction of sp³-hybridized carbons (Fsp3) is 0.357. The van der Waals surface area contributed by atoms with E-state index in [2.05, 4.69) is 67.5 Å². The van der Waals surface area contributed by atoms with E-state index in [1.807, 2.05) is 12.1 Å². The highest BCUT2D eigenvalue weighted by Crippen LogP contribution is 2.47. The Morgan fingerprint density at radius 2 is 1.76 bits per heavy atom. The summed E-state index contributed by atoms with van der Waals surface area (Å²) in [6, 6.07) is 13.7. The van der Waals surface area contributed by atoms with Gasteiger partial charge in [-0.05, 0) is 51.5 Å². The summed E-state index contributed by atoms with van der Waals surface area (Å²) in [5.74, 6) is 0.637. The summed E-state index contributed by atoms with van der Waals surface area (Å²) in [6.45, 7) is 12.3. The molecule has 0 saturated heterocycles. The van der Waals surface area contributed by atoms with Crippen molar-refractivity contribution in [1.29, 1.82) is 0 Å². The van der Waals surface area contributed by atoms with Crippen LogP contribution in [0.25, 0.3) is 0 Å². The van der Waals surface area contributed by atoms with Crippen LogP contribution in [0.3, 0.4) is 0 Å². The third-order valence-electron chi connectivity index (χ3n) is 6.77. The number of carbonyl (C=O) groups is 1. The predicted octanol–water partition coefficient (Wildman–Crippen LogP) is 5.46. The van der Waals surface area contributed by atoms with E-state index >= 15 is 0 Å². The van der Waals surface area contributed by atoms with Crippen LogP contribution in [0.15, 0.2) is 65.9 Å². The van der Waals surface area contributed by atoms with E-state index in [9.17, 15) is 9.90 Å². The van der Waals surface area contributed by atoms with E-state index < -0.39 is 5.97 Å². The maximum atomic E-state index is 12.1. The molecule has 0 aromatic heterocycles. The molecule has 4 rings (SSSR count). The molecule has 1 N–H and O–H groups in total. The van der Waals surface area contributed by atoms with Crippen LogP contribution in [0.1, 0.15) is 61.5 Å². The molecule has 0 bridgehead atoms. The van der Waals surface area contributed by atoms with Crippen LogP contribution in [-0.4, -0.2) is 47.5 Å². The van der Waals surface area contributed by atoms with Crippen molar-refractivity contribution in [2.75, 3.05) is 31.1 Å². The minimum Gasteiger partial charge on any atom is -0.478 e. The van der Waals surface area contributed by atoms with Gasteiger partial charge in [-0.15, -0.1) is 0 Å². The average molecular weight is 446 g/mol. The summed E-state index contributed by atoms with van der Waals surface area (Å²) in [4.78, 5) is 14.4. The third kappa shape index (κ3) is 4.20. The number of carboxylic acid groups (broad SMARTS) is 1. The number of carboxylic acids is 1. The van der Waals surface area contributed by atoms with Gasteiger partial charge in [0.25, 0.3) is 0 Å². The normalized spacial score (nSPS) is 16.7. The van der Waals surface area contributed by atoms with E-state index in [4.69, 9.17) is 4.74 Å². The monoisotopic (exact) mass is 445 g/mol. The van der Waals surface area contributed by atoms with Gasteiger partial charge < -0.3 is 14.7 Å². The first kappa shape index (κ1) is 22.8. The van der Waals surface area contributed by atoms with Crippen LogP contribution in [0, 0.1) is 0 Å². The second-order valence-electron chi connectivity index (χ2n) is 8.37. The molecule has 1 atom stereocenters. The minimum atomic E-state index is -0.907.